The summed E-state index contributed by atoms with van der Waals surface area (Å²) in [7, 11) is 0. The number of halogens is 1. The van der Waals surface area contributed by atoms with Crippen molar-refractivity contribution in [3.8, 4) is 0 Å². The molecule has 4 nitrogen and oxygen atoms in total. The first-order valence-corrected chi connectivity index (χ1v) is 2.41. The Morgan fingerprint density at radius 2 is 2.38 bits per heavy atom. The summed E-state index contributed by atoms with van der Waals surface area (Å²) in [6.07, 6.45) is 0. The number of aromatic nitrogens is 2. The van der Waals surface area contributed by atoms with E-state index in [1.807, 2.05) is 0 Å². The molecular weight excluding hydrogens is 150 g/mol. The lowest BCUT2D eigenvalue weighted by Gasteiger charge is -1.64. The molecule has 0 aliphatic rings. The smallest absolute Gasteiger partial charge is 0.357 e. The lowest BCUT2D eigenvalue weighted by Crippen LogP contribution is -2.00. The fourth-order valence-corrected chi connectivity index (χ4v) is 0.608. The fraction of sp³-hybridized carbons (Fsp3) is 0. The van der Waals surface area contributed by atoms with Crippen molar-refractivity contribution in [3.63, 3.8) is 0 Å². The molecule has 0 aliphatic heterocycles. The lowest BCUT2D eigenvalue weighted by atomic mass is 11.2. The van der Waals surface area contributed by atoms with E-state index in [9.17, 15) is 4.79 Å². The molecule has 1 heterocycles. The van der Waals surface area contributed by atoms with Gasteiger partial charge in [-0.05, 0) is 11.5 Å². The Morgan fingerprint density at radius 3 is 2.50 bits per heavy atom. The number of nitrogens with zero attached hydrogens (tertiary/aromatic N) is 1. The average Bonchev–Trinajstić information content (AvgIpc) is 1.87. The van der Waals surface area contributed by atoms with Crippen molar-refractivity contribution in [1.82, 2.24) is 9.36 Å². The Balaban J connectivity index is 0.000000490. The van der Waals surface area contributed by atoms with Crippen LogP contribution in [0.2, 0.25) is 0 Å². The van der Waals surface area contributed by atoms with Gasteiger partial charge in [-0.3, -0.25) is 4.37 Å². The first kappa shape index (κ1) is 7.45. The monoisotopic (exact) mass is 153 g/mol. The van der Waals surface area contributed by atoms with Crippen LogP contribution < -0.4 is 11.4 Å². The van der Waals surface area contributed by atoms with Gasteiger partial charge in [-0.2, -0.15) is 4.98 Å². The summed E-state index contributed by atoms with van der Waals surface area (Å²) in [6, 6.07) is 0. The minimum absolute atomic E-state index is 0. The van der Waals surface area contributed by atoms with Crippen LogP contribution >= 0.6 is 23.9 Å². The van der Waals surface area contributed by atoms with E-state index in [1.54, 1.807) is 0 Å². The third-order valence-corrected chi connectivity index (χ3v) is 1.03. The van der Waals surface area contributed by atoms with Gasteiger partial charge in [0.05, 0.1) is 0 Å². The van der Waals surface area contributed by atoms with Crippen molar-refractivity contribution < 1.29 is 0 Å². The number of nitrogens with one attached hydrogen (secondary N) is 1. The number of aromatic amines is 1. The number of hydrogen-bond acceptors (Lipinski definition) is 4. The van der Waals surface area contributed by atoms with E-state index >= 15 is 0 Å². The van der Waals surface area contributed by atoms with Gasteiger partial charge in [-0.1, -0.05) is 0 Å². The molecule has 0 aromatic carbocycles. The van der Waals surface area contributed by atoms with Gasteiger partial charge in [0.1, 0.15) is 0 Å². The fourth-order valence-electron chi connectivity index (χ4n) is 0.242. The summed E-state index contributed by atoms with van der Waals surface area (Å²) in [5, 5.41) is 0.282. The van der Waals surface area contributed by atoms with Crippen LogP contribution in [-0.4, -0.2) is 9.36 Å². The average molecular weight is 154 g/mol. The third-order valence-electron chi connectivity index (χ3n) is 0.455. The molecule has 0 fully saturated rings. The molecule has 0 atom stereocenters. The third kappa shape index (κ3) is 1.51. The van der Waals surface area contributed by atoms with Gasteiger partial charge >= 0.3 is 5.69 Å². The van der Waals surface area contributed by atoms with E-state index in [1.165, 1.54) is 0 Å². The second-order valence-electron chi connectivity index (χ2n) is 0.959. The maximum absolute atomic E-state index is 10.1. The van der Waals surface area contributed by atoms with Gasteiger partial charge in [0.25, 0.3) is 0 Å². The van der Waals surface area contributed by atoms with Crippen molar-refractivity contribution in [2.75, 3.05) is 5.73 Å². The quantitative estimate of drug-likeness (QED) is 0.544. The molecule has 0 saturated heterocycles. The van der Waals surface area contributed by atoms with E-state index in [4.69, 9.17) is 5.73 Å². The number of H-pyrrole nitrogens is 1. The highest BCUT2D eigenvalue weighted by atomic mass is 35.5. The predicted octanol–water partition coefficient (Wildman–Crippen LogP) is -0.165. The molecule has 6 heteroatoms. The minimum atomic E-state index is -0.373. The van der Waals surface area contributed by atoms with E-state index in [-0.39, 0.29) is 23.2 Å². The van der Waals surface area contributed by atoms with Crippen LogP contribution in [0, 0.1) is 0 Å². The molecule has 3 N–H and O–H groups in total. The molecule has 0 aliphatic carbocycles. The largest absolute Gasteiger partial charge is 0.374 e. The summed E-state index contributed by atoms with van der Waals surface area (Å²) >= 11 is 1.03. The van der Waals surface area contributed by atoms with Crippen LogP contribution in [0.15, 0.2) is 4.79 Å². The second-order valence-corrected chi connectivity index (χ2v) is 1.79. The molecule has 0 saturated carbocycles. The zero-order chi connectivity index (χ0) is 5.28. The highest BCUT2D eigenvalue weighted by Crippen LogP contribution is 1.93. The SMILES string of the molecule is Cl.Nc1nc(=O)[nH]s1. The topological polar surface area (TPSA) is 71.8 Å². The van der Waals surface area contributed by atoms with Gasteiger partial charge < -0.3 is 5.73 Å². The van der Waals surface area contributed by atoms with Crippen LogP contribution in [0.4, 0.5) is 5.13 Å². The summed E-state index contributed by atoms with van der Waals surface area (Å²) in [5.41, 5.74) is 4.68. The molecule has 1 rings (SSSR count). The molecule has 1 aromatic rings. The zero-order valence-electron chi connectivity index (χ0n) is 3.75. The highest BCUT2D eigenvalue weighted by Gasteiger charge is 1.86. The Bertz CT molecular complexity index is 205. The summed E-state index contributed by atoms with van der Waals surface area (Å²) in [4.78, 5) is 13.4. The van der Waals surface area contributed by atoms with Crippen LogP contribution in [0.3, 0.4) is 0 Å². The van der Waals surface area contributed by atoms with Crippen LogP contribution in [0.5, 0.6) is 0 Å². The number of hydrogen-bond donors (Lipinski definition) is 2. The molecule has 0 bridgehead atoms. The van der Waals surface area contributed by atoms with Gasteiger partial charge in [0, 0.05) is 0 Å². The Kier molecular flexibility index (Phi) is 2.50. The molecule has 0 radical (unpaired) electrons. The van der Waals surface area contributed by atoms with Gasteiger partial charge in [-0.25, -0.2) is 4.79 Å². The molecular formula is C2H4ClN3OS. The standard InChI is InChI=1S/C2H3N3OS.ClH/c3-1-4-2(6)5-7-1;/h(H3,3,4,5,6);1H. The van der Waals surface area contributed by atoms with E-state index in [0.717, 1.165) is 11.5 Å². The van der Waals surface area contributed by atoms with E-state index < -0.39 is 0 Å². The van der Waals surface area contributed by atoms with Crippen LogP contribution in [0.1, 0.15) is 0 Å². The Hall–Kier alpha value is -0.550. The minimum Gasteiger partial charge on any atom is -0.374 e. The first-order chi connectivity index (χ1) is 3.29. The second kappa shape index (κ2) is 2.68. The van der Waals surface area contributed by atoms with Crippen molar-refractivity contribution in [1.29, 1.82) is 0 Å². The van der Waals surface area contributed by atoms with Gasteiger partial charge in [-0.15, -0.1) is 12.4 Å². The van der Waals surface area contributed by atoms with Crippen LogP contribution in [-0.2, 0) is 0 Å². The Morgan fingerprint density at radius 1 is 1.75 bits per heavy atom. The maximum Gasteiger partial charge on any atom is 0.357 e. The zero-order valence-corrected chi connectivity index (χ0v) is 5.38. The normalized spacial score (nSPS) is 8.00. The van der Waals surface area contributed by atoms with Crippen molar-refractivity contribution in [3.05, 3.63) is 10.5 Å². The van der Waals surface area contributed by atoms with Crippen LogP contribution in [0.25, 0.3) is 0 Å². The summed E-state index contributed by atoms with van der Waals surface area (Å²) in [6.45, 7) is 0. The maximum atomic E-state index is 10.1. The molecule has 8 heavy (non-hydrogen) atoms. The lowest BCUT2D eigenvalue weighted by molar-refractivity contribution is 1.21. The number of anilines is 1. The molecule has 1 aromatic heterocycles. The molecule has 46 valence electrons. The van der Waals surface area contributed by atoms with Gasteiger partial charge in [0.2, 0.25) is 5.13 Å². The Labute approximate surface area is 55.3 Å². The van der Waals surface area contributed by atoms with Crippen molar-refractivity contribution >= 4 is 29.1 Å². The van der Waals surface area contributed by atoms with E-state index in [0.29, 0.717) is 0 Å². The molecule has 0 spiro atoms. The molecule has 0 amide bonds. The predicted molar refractivity (Wildman–Crippen MR) is 34.4 cm³/mol. The molecule has 0 unspecified atom stereocenters. The first-order valence-electron chi connectivity index (χ1n) is 1.60. The summed E-state index contributed by atoms with van der Waals surface area (Å²) < 4.78 is 2.32. The van der Waals surface area contributed by atoms with Crippen molar-refractivity contribution in [2.24, 2.45) is 0 Å². The number of nitrogen functional groups attached to an aromatic ring is 1. The number of rotatable bonds is 0. The van der Waals surface area contributed by atoms with Gasteiger partial charge in [0.15, 0.2) is 0 Å². The summed E-state index contributed by atoms with van der Waals surface area (Å²) in [5.74, 6) is 0. The number of nitrogens with two attached hydrogens (primary N) is 1. The highest BCUT2D eigenvalue weighted by molar-refractivity contribution is 7.09. The van der Waals surface area contributed by atoms with Crippen molar-refractivity contribution in [2.45, 2.75) is 0 Å². The van der Waals surface area contributed by atoms with E-state index in [2.05, 4.69) is 9.36 Å².